The molecular weight excluding hydrogens is 458 g/mol. The number of hydrogen-bond donors (Lipinski definition) is 1. The number of amides is 2. The van der Waals surface area contributed by atoms with Gasteiger partial charge in [0.05, 0.1) is 24.8 Å². The van der Waals surface area contributed by atoms with Gasteiger partial charge >= 0.3 is 0 Å². The van der Waals surface area contributed by atoms with Crippen molar-refractivity contribution in [3.63, 3.8) is 0 Å². The Kier molecular flexibility index (Phi) is 6.55. The van der Waals surface area contributed by atoms with Gasteiger partial charge in [0, 0.05) is 31.3 Å². The van der Waals surface area contributed by atoms with Gasteiger partial charge in [-0.05, 0) is 62.1 Å². The fraction of sp³-hybridized carbons (Fsp3) is 0.417. The average molecular weight is 488 g/mol. The maximum atomic E-state index is 13.5. The van der Waals surface area contributed by atoms with Crippen molar-refractivity contribution in [2.45, 2.75) is 50.1 Å². The molecule has 2 amide bonds. The molecule has 34 heavy (non-hydrogen) atoms. The summed E-state index contributed by atoms with van der Waals surface area (Å²) in [7, 11) is -0.906. The smallest absolute Gasteiger partial charge is 0.243 e. The van der Waals surface area contributed by atoms with Crippen LogP contribution in [0.15, 0.2) is 41.3 Å². The number of sulfonamides is 1. The Labute approximate surface area is 199 Å². The second-order valence-corrected chi connectivity index (χ2v) is 10.5. The molecule has 0 aliphatic carbocycles. The largest absolute Gasteiger partial charge is 0.497 e. The minimum Gasteiger partial charge on any atom is -0.497 e. The Hall–Kier alpha value is -3.11. The van der Waals surface area contributed by atoms with Crippen LogP contribution in [-0.2, 0) is 26.0 Å². The third kappa shape index (κ3) is 4.23. The molecule has 10 heteroatoms. The van der Waals surface area contributed by atoms with E-state index in [1.807, 2.05) is 6.92 Å². The van der Waals surface area contributed by atoms with Crippen molar-refractivity contribution in [1.29, 1.82) is 0 Å². The Morgan fingerprint density at radius 2 is 1.85 bits per heavy atom. The Morgan fingerprint density at radius 3 is 2.53 bits per heavy atom. The van der Waals surface area contributed by atoms with Gasteiger partial charge in [-0.15, -0.1) is 0 Å². The van der Waals surface area contributed by atoms with Crippen LogP contribution in [0.2, 0.25) is 0 Å². The third-order valence-corrected chi connectivity index (χ3v) is 8.29. The Balaban J connectivity index is 1.59. The normalized spacial score (nSPS) is 20.2. The fourth-order valence-electron chi connectivity index (χ4n) is 4.80. The van der Waals surface area contributed by atoms with E-state index in [1.54, 1.807) is 35.2 Å². The summed E-state index contributed by atoms with van der Waals surface area (Å²) in [6.07, 6.45) is 1.57. The zero-order chi connectivity index (χ0) is 24.6. The van der Waals surface area contributed by atoms with E-state index in [2.05, 4.69) is 5.32 Å². The molecule has 2 aliphatic rings. The summed E-state index contributed by atoms with van der Waals surface area (Å²) in [5, 5.41) is 2.80. The molecule has 2 atom stereocenters. The van der Waals surface area contributed by atoms with E-state index in [1.165, 1.54) is 31.5 Å². The maximum Gasteiger partial charge on any atom is 0.243 e. The Bertz CT molecular complexity index is 1230. The van der Waals surface area contributed by atoms with Gasteiger partial charge in [0.15, 0.2) is 0 Å². The highest BCUT2D eigenvalue weighted by atomic mass is 32.2. The lowest BCUT2D eigenvalue weighted by Gasteiger charge is -2.24. The van der Waals surface area contributed by atoms with Crippen molar-refractivity contribution in [2.75, 3.05) is 31.0 Å². The van der Waals surface area contributed by atoms with Crippen molar-refractivity contribution < 1.29 is 27.5 Å². The lowest BCUT2D eigenvalue weighted by Crippen LogP contribution is -2.43. The molecule has 0 radical (unpaired) electrons. The monoisotopic (exact) mass is 487 g/mol. The third-order valence-electron chi connectivity index (χ3n) is 6.38. The Morgan fingerprint density at radius 1 is 1.09 bits per heavy atom. The standard InChI is InChI=1S/C24H29N3O6S/c1-15-12-17-13-19(8-9-21(17)27(15)16(2)28)34(30,31)26-11-5-6-22(26)24(29)25-20-14-18(32-3)7-10-23(20)33-4/h7-10,13-15,22H,5-6,11-12H2,1-4H3,(H,25,29). The molecule has 2 unspecified atom stereocenters. The number of fused-ring (bicyclic) bond motifs is 1. The quantitative estimate of drug-likeness (QED) is 0.672. The predicted octanol–water partition coefficient (Wildman–Crippen LogP) is 2.79. The number of methoxy groups -OCH3 is 2. The van der Waals surface area contributed by atoms with Crippen LogP contribution in [0.4, 0.5) is 11.4 Å². The molecule has 0 saturated carbocycles. The predicted molar refractivity (Wildman–Crippen MR) is 128 cm³/mol. The molecule has 2 aromatic carbocycles. The summed E-state index contributed by atoms with van der Waals surface area (Å²) in [5.74, 6) is 0.486. The SMILES string of the molecule is COc1ccc(OC)c(NC(=O)C2CCCN2S(=O)(=O)c2ccc3c(c2)CC(C)N3C(C)=O)c1. The van der Waals surface area contributed by atoms with Crippen LogP contribution >= 0.6 is 0 Å². The van der Waals surface area contributed by atoms with Crippen LogP contribution in [-0.4, -0.2) is 57.4 Å². The van der Waals surface area contributed by atoms with Gasteiger partial charge in [-0.1, -0.05) is 0 Å². The molecule has 2 aliphatic heterocycles. The maximum absolute atomic E-state index is 13.5. The number of rotatable bonds is 6. The molecule has 0 bridgehead atoms. The summed E-state index contributed by atoms with van der Waals surface area (Å²) in [6.45, 7) is 3.69. The first kappa shape index (κ1) is 24.0. The van der Waals surface area contributed by atoms with Gasteiger partial charge in [-0.3, -0.25) is 9.59 Å². The zero-order valence-electron chi connectivity index (χ0n) is 19.7. The molecule has 1 saturated heterocycles. The van der Waals surface area contributed by atoms with Gasteiger partial charge in [-0.25, -0.2) is 8.42 Å². The number of anilines is 2. The zero-order valence-corrected chi connectivity index (χ0v) is 20.5. The number of benzene rings is 2. The van der Waals surface area contributed by atoms with Crippen LogP contribution in [0.3, 0.4) is 0 Å². The molecule has 2 heterocycles. The van der Waals surface area contributed by atoms with Crippen LogP contribution in [0.25, 0.3) is 0 Å². The molecule has 4 rings (SSSR count). The summed E-state index contributed by atoms with van der Waals surface area (Å²) >= 11 is 0. The molecular formula is C24H29N3O6S. The minimum absolute atomic E-state index is 0.0337. The van der Waals surface area contributed by atoms with Crippen LogP contribution < -0.4 is 19.7 Å². The first-order chi connectivity index (χ1) is 16.2. The average Bonchev–Trinajstić information content (AvgIpc) is 3.43. The number of carbonyl (C=O) groups excluding carboxylic acids is 2. The number of carbonyl (C=O) groups is 2. The van der Waals surface area contributed by atoms with Crippen molar-refractivity contribution in [1.82, 2.24) is 4.31 Å². The van der Waals surface area contributed by atoms with Crippen molar-refractivity contribution in [3.8, 4) is 11.5 Å². The van der Waals surface area contributed by atoms with E-state index in [-0.39, 0.29) is 23.4 Å². The summed E-state index contributed by atoms with van der Waals surface area (Å²) < 4.78 is 38.9. The summed E-state index contributed by atoms with van der Waals surface area (Å²) in [6, 6.07) is 8.96. The van der Waals surface area contributed by atoms with Crippen LogP contribution in [0.5, 0.6) is 11.5 Å². The number of hydrogen-bond acceptors (Lipinski definition) is 6. The van der Waals surface area contributed by atoms with E-state index >= 15 is 0 Å². The molecule has 1 fully saturated rings. The molecule has 182 valence electrons. The van der Waals surface area contributed by atoms with Crippen molar-refractivity contribution in [3.05, 3.63) is 42.0 Å². The molecule has 0 aromatic heterocycles. The summed E-state index contributed by atoms with van der Waals surface area (Å²) in [5.41, 5.74) is 1.96. The van der Waals surface area contributed by atoms with Gasteiger partial charge in [-0.2, -0.15) is 4.31 Å². The highest BCUT2D eigenvalue weighted by molar-refractivity contribution is 7.89. The fourth-order valence-corrected chi connectivity index (χ4v) is 6.51. The van der Waals surface area contributed by atoms with E-state index < -0.39 is 22.0 Å². The van der Waals surface area contributed by atoms with E-state index in [4.69, 9.17) is 9.47 Å². The first-order valence-corrected chi connectivity index (χ1v) is 12.6. The highest BCUT2D eigenvalue weighted by Crippen LogP contribution is 2.36. The lowest BCUT2D eigenvalue weighted by molar-refractivity contribution is -0.119. The summed E-state index contributed by atoms with van der Waals surface area (Å²) in [4.78, 5) is 27.0. The highest BCUT2D eigenvalue weighted by Gasteiger charge is 2.40. The van der Waals surface area contributed by atoms with Gasteiger partial charge in [0.2, 0.25) is 21.8 Å². The second-order valence-electron chi connectivity index (χ2n) is 8.56. The van der Waals surface area contributed by atoms with Gasteiger partial charge < -0.3 is 19.7 Å². The molecule has 0 spiro atoms. The van der Waals surface area contributed by atoms with E-state index in [9.17, 15) is 18.0 Å². The number of ether oxygens (including phenoxy) is 2. The topological polar surface area (TPSA) is 105 Å². The van der Waals surface area contributed by atoms with Gasteiger partial charge in [0.25, 0.3) is 0 Å². The van der Waals surface area contributed by atoms with E-state index in [0.29, 0.717) is 36.4 Å². The van der Waals surface area contributed by atoms with Crippen LogP contribution in [0.1, 0.15) is 32.3 Å². The number of nitrogens with zero attached hydrogens (tertiary/aromatic N) is 2. The lowest BCUT2D eigenvalue weighted by atomic mass is 10.1. The molecule has 9 nitrogen and oxygen atoms in total. The van der Waals surface area contributed by atoms with Crippen molar-refractivity contribution in [2.24, 2.45) is 0 Å². The molecule has 2 aromatic rings. The minimum atomic E-state index is -3.92. The van der Waals surface area contributed by atoms with E-state index in [0.717, 1.165) is 11.3 Å². The second kappa shape index (κ2) is 9.27. The van der Waals surface area contributed by atoms with Crippen LogP contribution in [0, 0.1) is 0 Å². The van der Waals surface area contributed by atoms with Gasteiger partial charge in [0.1, 0.15) is 17.5 Å². The first-order valence-electron chi connectivity index (χ1n) is 11.1. The number of nitrogens with one attached hydrogen (secondary N) is 1. The van der Waals surface area contributed by atoms with Crippen molar-refractivity contribution >= 4 is 33.2 Å². The molecule has 1 N–H and O–H groups in total.